The summed E-state index contributed by atoms with van der Waals surface area (Å²) in [6, 6.07) is 19.9. The van der Waals surface area contributed by atoms with Crippen LogP contribution in [0.4, 0.5) is 5.13 Å². The van der Waals surface area contributed by atoms with Crippen LogP contribution in [0, 0.1) is 0 Å². The van der Waals surface area contributed by atoms with Crippen molar-refractivity contribution in [2.75, 3.05) is 11.9 Å². The lowest BCUT2D eigenvalue weighted by Gasteiger charge is -2.25. The molecule has 0 saturated heterocycles. The molecule has 1 atom stereocenters. The van der Waals surface area contributed by atoms with E-state index in [-0.39, 0.29) is 18.4 Å². The number of hydrogen-bond acceptors (Lipinski definition) is 5. The first kappa shape index (κ1) is 18.8. The number of nitrogens with one attached hydrogen (secondary N) is 1. The molecule has 1 amide bonds. The van der Waals surface area contributed by atoms with Gasteiger partial charge in [-0.05, 0) is 11.1 Å². The van der Waals surface area contributed by atoms with E-state index in [1.807, 2.05) is 36.4 Å². The van der Waals surface area contributed by atoms with Crippen LogP contribution in [0.2, 0.25) is 0 Å². The molecule has 0 aliphatic carbocycles. The molecule has 2 aromatic carbocycles. The number of rotatable bonds is 6. The van der Waals surface area contributed by atoms with Gasteiger partial charge in [-0.3, -0.25) is 9.69 Å². The molecule has 0 radical (unpaired) electrons. The normalized spacial score (nSPS) is 15.0. The Morgan fingerprint density at radius 3 is 2.61 bits per heavy atom. The highest BCUT2D eigenvalue weighted by Gasteiger charge is 2.22. The van der Waals surface area contributed by atoms with E-state index >= 15 is 0 Å². The van der Waals surface area contributed by atoms with Crippen molar-refractivity contribution in [2.24, 2.45) is 5.73 Å². The van der Waals surface area contributed by atoms with Gasteiger partial charge in [-0.15, -0.1) is 11.3 Å². The largest absolute Gasteiger partial charge is 0.324 e. The molecular formula is C22H24N4OS. The maximum atomic E-state index is 12.4. The van der Waals surface area contributed by atoms with Crippen LogP contribution in [0.25, 0.3) is 0 Å². The number of amides is 1. The Morgan fingerprint density at radius 2 is 1.86 bits per heavy atom. The van der Waals surface area contributed by atoms with Gasteiger partial charge in [-0.2, -0.15) is 0 Å². The van der Waals surface area contributed by atoms with Gasteiger partial charge >= 0.3 is 0 Å². The summed E-state index contributed by atoms with van der Waals surface area (Å²) in [7, 11) is 0. The maximum Gasteiger partial charge on any atom is 0.228 e. The Morgan fingerprint density at radius 1 is 1.14 bits per heavy atom. The second-order valence-electron chi connectivity index (χ2n) is 7.10. The fourth-order valence-corrected chi connectivity index (χ4v) is 4.53. The van der Waals surface area contributed by atoms with E-state index in [4.69, 9.17) is 5.73 Å². The molecule has 0 saturated carbocycles. The number of aromatic nitrogens is 1. The zero-order valence-corrected chi connectivity index (χ0v) is 16.5. The number of hydrogen-bond donors (Lipinski definition) is 2. The van der Waals surface area contributed by atoms with Crippen LogP contribution in [0.15, 0.2) is 60.7 Å². The third-order valence-corrected chi connectivity index (χ3v) is 5.94. The van der Waals surface area contributed by atoms with Gasteiger partial charge in [0.2, 0.25) is 5.91 Å². The smallest absolute Gasteiger partial charge is 0.228 e. The van der Waals surface area contributed by atoms with Crippen LogP contribution in [0.3, 0.4) is 0 Å². The summed E-state index contributed by atoms with van der Waals surface area (Å²) in [4.78, 5) is 20.7. The molecule has 4 rings (SSSR count). The Labute approximate surface area is 169 Å². The molecule has 6 heteroatoms. The van der Waals surface area contributed by atoms with Crippen molar-refractivity contribution < 1.29 is 4.79 Å². The molecule has 0 fully saturated rings. The number of anilines is 1. The van der Waals surface area contributed by atoms with Crippen molar-refractivity contribution >= 4 is 22.4 Å². The lowest BCUT2D eigenvalue weighted by molar-refractivity contribution is -0.116. The molecule has 1 aliphatic heterocycles. The quantitative estimate of drug-likeness (QED) is 0.671. The van der Waals surface area contributed by atoms with Gasteiger partial charge in [0.25, 0.3) is 0 Å². The first-order valence-electron chi connectivity index (χ1n) is 9.52. The van der Waals surface area contributed by atoms with Crippen molar-refractivity contribution in [3.8, 4) is 0 Å². The number of carbonyl (C=O) groups excluding carboxylic acids is 1. The number of fused-ring (bicyclic) bond motifs is 1. The number of carbonyl (C=O) groups is 1. The van der Waals surface area contributed by atoms with Crippen molar-refractivity contribution in [3.05, 3.63) is 82.4 Å². The second-order valence-corrected chi connectivity index (χ2v) is 8.19. The molecule has 28 heavy (non-hydrogen) atoms. The summed E-state index contributed by atoms with van der Waals surface area (Å²) < 4.78 is 0. The number of benzene rings is 2. The van der Waals surface area contributed by atoms with Crippen LogP contribution in [0.5, 0.6) is 0 Å². The molecule has 0 bridgehead atoms. The maximum absolute atomic E-state index is 12.4. The van der Waals surface area contributed by atoms with Crippen LogP contribution >= 0.6 is 11.3 Å². The second kappa shape index (κ2) is 8.65. The van der Waals surface area contributed by atoms with Crippen molar-refractivity contribution in [2.45, 2.75) is 32.0 Å². The predicted molar refractivity (Wildman–Crippen MR) is 113 cm³/mol. The van der Waals surface area contributed by atoms with E-state index in [0.717, 1.165) is 37.3 Å². The summed E-state index contributed by atoms with van der Waals surface area (Å²) in [5.41, 5.74) is 9.55. The van der Waals surface area contributed by atoms with Gasteiger partial charge < -0.3 is 11.1 Å². The summed E-state index contributed by atoms with van der Waals surface area (Å²) in [5.74, 6) is -0.0939. The van der Waals surface area contributed by atoms with E-state index in [1.54, 1.807) is 11.3 Å². The fraction of sp³-hybridized carbons (Fsp3) is 0.273. The Hall–Kier alpha value is -2.54. The highest BCUT2D eigenvalue weighted by atomic mass is 32.1. The lowest BCUT2D eigenvalue weighted by atomic mass is 10.0. The Balaban J connectivity index is 1.34. The molecule has 5 nitrogen and oxygen atoms in total. The summed E-state index contributed by atoms with van der Waals surface area (Å²) in [5, 5.41) is 3.61. The van der Waals surface area contributed by atoms with Crippen molar-refractivity contribution in [1.82, 2.24) is 9.88 Å². The van der Waals surface area contributed by atoms with Crippen LogP contribution < -0.4 is 11.1 Å². The van der Waals surface area contributed by atoms with E-state index in [1.165, 1.54) is 10.4 Å². The molecule has 144 valence electrons. The Bertz CT molecular complexity index is 926. The van der Waals surface area contributed by atoms with Gasteiger partial charge in [0.05, 0.1) is 5.69 Å². The van der Waals surface area contributed by atoms with E-state index in [2.05, 4.69) is 39.5 Å². The average Bonchev–Trinajstić information content (AvgIpc) is 3.10. The molecule has 1 unspecified atom stereocenters. The van der Waals surface area contributed by atoms with Crippen molar-refractivity contribution in [1.29, 1.82) is 0 Å². The molecule has 1 aromatic heterocycles. The Kier molecular flexibility index (Phi) is 5.81. The van der Waals surface area contributed by atoms with Gasteiger partial charge in [0.15, 0.2) is 5.13 Å². The van der Waals surface area contributed by atoms with Crippen LogP contribution in [0.1, 0.15) is 34.2 Å². The monoisotopic (exact) mass is 392 g/mol. The highest BCUT2D eigenvalue weighted by Crippen LogP contribution is 2.29. The molecule has 3 N–H and O–H groups in total. The van der Waals surface area contributed by atoms with Gasteiger partial charge in [-0.25, -0.2) is 4.98 Å². The topological polar surface area (TPSA) is 71.2 Å². The summed E-state index contributed by atoms with van der Waals surface area (Å²) >= 11 is 1.58. The summed E-state index contributed by atoms with van der Waals surface area (Å²) in [6.45, 7) is 2.80. The predicted octanol–water partition coefficient (Wildman–Crippen LogP) is 3.73. The number of nitrogens with two attached hydrogens (primary N) is 1. The average molecular weight is 393 g/mol. The minimum Gasteiger partial charge on any atom is -0.324 e. The van der Waals surface area contributed by atoms with Gasteiger partial charge in [0.1, 0.15) is 0 Å². The van der Waals surface area contributed by atoms with E-state index in [9.17, 15) is 4.79 Å². The minimum atomic E-state index is -0.308. The van der Waals surface area contributed by atoms with E-state index < -0.39 is 0 Å². The molecule has 3 aromatic rings. The molecule has 2 heterocycles. The van der Waals surface area contributed by atoms with E-state index in [0.29, 0.717) is 5.13 Å². The highest BCUT2D eigenvalue weighted by molar-refractivity contribution is 7.15. The SMILES string of the molecule is NC(CC(=O)Nc1nc2c(s1)CN(Cc1ccccc1)CC2)c1ccccc1. The van der Waals surface area contributed by atoms with Crippen molar-refractivity contribution in [3.63, 3.8) is 0 Å². The van der Waals surface area contributed by atoms with Gasteiger partial charge in [-0.1, -0.05) is 60.7 Å². The minimum absolute atomic E-state index is 0.0939. The zero-order valence-electron chi connectivity index (χ0n) is 15.7. The zero-order chi connectivity index (χ0) is 19.3. The lowest BCUT2D eigenvalue weighted by Crippen LogP contribution is -2.29. The van der Waals surface area contributed by atoms with Crippen LogP contribution in [-0.4, -0.2) is 22.3 Å². The fourth-order valence-electron chi connectivity index (χ4n) is 3.47. The third kappa shape index (κ3) is 4.65. The number of nitrogens with zero attached hydrogens (tertiary/aromatic N) is 2. The van der Waals surface area contributed by atoms with Gasteiger partial charge in [0, 0.05) is 43.4 Å². The third-order valence-electron chi connectivity index (χ3n) is 4.94. The molecular weight excluding hydrogens is 368 g/mol. The van der Waals surface area contributed by atoms with Crippen LogP contribution in [-0.2, 0) is 24.3 Å². The first-order chi connectivity index (χ1) is 13.7. The first-order valence-corrected chi connectivity index (χ1v) is 10.3. The number of thiazole rings is 1. The molecule has 1 aliphatic rings. The standard InChI is InChI=1S/C22H24N4OS/c23-18(17-9-5-2-6-10-17)13-21(27)25-22-24-19-11-12-26(15-20(19)28-22)14-16-7-3-1-4-8-16/h1-10,18H,11-15,23H2,(H,24,25,27). The summed E-state index contributed by atoms with van der Waals surface area (Å²) in [6.07, 6.45) is 1.16. The molecule has 0 spiro atoms.